The van der Waals surface area contributed by atoms with Gasteiger partial charge in [-0.2, -0.15) is 0 Å². The Labute approximate surface area is 122 Å². The van der Waals surface area contributed by atoms with Gasteiger partial charge in [0.1, 0.15) is 11.5 Å². The first-order valence-corrected chi connectivity index (χ1v) is 6.56. The highest BCUT2D eigenvalue weighted by Crippen LogP contribution is 2.32. The summed E-state index contributed by atoms with van der Waals surface area (Å²) in [5.74, 6) is 0.410. The number of carbonyl (C=O) groups is 2. The second kappa shape index (κ2) is 6.26. The van der Waals surface area contributed by atoms with E-state index in [1.54, 1.807) is 12.1 Å². The zero-order valence-corrected chi connectivity index (χ0v) is 11.8. The van der Waals surface area contributed by atoms with Crippen molar-refractivity contribution < 1.29 is 23.8 Å². The van der Waals surface area contributed by atoms with Crippen LogP contribution in [-0.2, 0) is 0 Å². The number of carbonyl (C=O) groups excluding carboxylic acids is 1. The second-order valence-electron chi connectivity index (χ2n) is 5.04. The number of carboxylic acids is 1. The zero-order valence-electron chi connectivity index (χ0n) is 11.8. The van der Waals surface area contributed by atoms with E-state index in [-0.39, 0.29) is 11.3 Å². The van der Waals surface area contributed by atoms with Crippen molar-refractivity contribution in [3.05, 3.63) is 41.7 Å². The molecule has 21 heavy (non-hydrogen) atoms. The summed E-state index contributed by atoms with van der Waals surface area (Å²) in [5, 5.41) is 9.09. The molecule has 0 aliphatic rings. The third kappa shape index (κ3) is 3.51. The number of furan rings is 1. The van der Waals surface area contributed by atoms with Crippen LogP contribution in [-0.4, -0.2) is 24.0 Å². The first kappa shape index (κ1) is 14.8. The highest BCUT2D eigenvalue weighted by Gasteiger charge is 2.15. The van der Waals surface area contributed by atoms with Crippen molar-refractivity contribution >= 4 is 12.3 Å². The van der Waals surface area contributed by atoms with E-state index in [1.165, 1.54) is 18.2 Å². The van der Waals surface area contributed by atoms with Crippen molar-refractivity contribution in [3.8, 4) is 17.1 Å². The minimum absolute atomic E-state index is 0.131. The van der Waals surface area contributed by atoms with Crippen molar-refractivity contribution in [3.63, 3.8) is 0 Å². The van der Waals surface area contributed by atoms with Crippen LogP contribution in [0.15, 0.2) is 34.7 Å². The van der Waals surface area contributed by atoms with E-state index in [0.29, 0.717) is 35.9 Å². The maximum absolute atomic E-state index is 11.1. The Morgan fingerprint density at radius 2 is 2.10 bits per heavy atom. The molecule has 0 saturated heterocycles. The molecule has 0 unspecified atom stereocenters. The average Bonchev–Trinajstić information content (AvgIpc) is 2.93. The van der Waals surface area contributed by atoms with Gasteiger partial charge >= 0.3 is 5.97 Å². The van der Waals surface area contributed by atoms with Gasteiger partial charge in [-0.05, 0) is 36.2 Å². The normalized spacial score (nSPS) is 10.6. The van der Waals surface area contributed by atoms with Gasteiger partial charge in [-0.15, -0.1) is 0 Å². The number of carboxylic acid groups (broad SMARTS) is 1. The predicted octanol–water partition coefficient (Wildman–Crippen LogP) is 3.49. The molecule has 5 nitrogen and oxygen atoms in total. The Kier molecular flexibility index (Phi) is 4.42. The summed E-state index contributed by atoms with van der Waals surface area (Å²) in [6, 6.07) is 7.70. The Balaban J connectivity index is 2.44. The van der Waals surface area contributed by atoms with Crippen LogP contribution in [0.2, 0.25) is 0 Å². The quantitative estimate of drug-likeness (QED) is 0.823. The van der Waals surface area contributed by atoms with Crippen LogP contribution < -0.4 is 4.74 Å². The molecule has 1 heterocycles. The first-order valence-electron chi connectivity index (χ1n) is 6.56. The zero-order chi connectivity index (χ0) is 15.4. The van der Waals surface area contributed by atoms with E-state index in [0.717, 1.165) is 0 Å². The number of benzene rings is 1. The average molecular weight is 288 g/mol. The molecule has 1 N–H and O–H groups in total. The summed E-state index contributed by atoms with van der Waals surface area (Å²) in [4.78, 5) is 21.8. The van der Waals surface area contributed by atoms with Gasteiger partial charge in [-0.3, -0.25) is 4.79 Å². The molecule has 2 rings (SSSR count). The van der Waals surface area contributed by atoms with Crippen LogP contribution in [0.4, 0.5) is 0 Å². The Bertz CT molecular complexity index is 654. The Hall–Kier alpha value is -2.56. The van der Waals surface area contributed by atoms with Gasteiger partial charge in [0.25, 0.3) is 0 Å². The smallest absolute Gasteiger partial charge is 0.335 e. The predicted molar refractivity (Wildman–Crippen MR) is 76.8 cm³/mol. The van der Waals surface area contributed by atoms with E-state index >= 15 is 0 Å². The van der Waals surface area contributed by atoms with E-state index in [1.807, 2.05) is 13.8 Å². The lowest BCUT2D eigenvalue weighted by Gasteiger charge is -2.12. The molecule has 0 bridgehead atoms. The highest BCUT2D eigenvalue weighted by atomic mass is 16.5. The largest absolute Gasteiger partial charge is 0.493 e. The van der Waals surface area contributed by atoms with Gasteiger partial charge in [0, 0.05) is 0 Å². The standard InChI is InChI=1S/C16H16O5/c1-10(2)9-20-14-5-3-11(16(18)19)7-13(14)15-6-4-12(8-17)21-15/h3-8,10H,9H2,1-2H3,(H,18,19). The van der Waals surface area contributed by atoms with Gasteiger partial charge in [0.05, 0.1) is 17.7 Å². The van der Waals surface area contributed by atoms with Crippen molar-refractivity contribution in [1.82, 2.24) is 0 Å². The molecule has 0 aliphatic heterocycles. The van der Waals surface area contributed by atoms with E-state index in [2.05, 4.69) is 0 Å². The van der Waals surface area contributed by atoms with Crippen LogP contribution in [0.5, 0.6) is 5.75 Å². The number of hydrogen-bond donors (Lipinski definition) is 1. The lowest BCUT2D eigenvalue weighted by Crippen LogP contribution is -2.06. The van der Waals surface area contributed by atoms with Crippen LogP contribution in [0, 0.1) is 5.92 Å². The molecule has 0 saturated carbocycles. The lowest BCUT2D eigenvalue weighted by molar-refractivity contribution is 0.0696. The lowest BCUT2D eigenvalue weighted by atomic mass is 10.1. The van der Waals surface area contributed by atoms with E-state index < -0.39 is 5.97 Å². The number of aromatic carboxylic acids is 1. The van der Waals surface area contributed by atoms with Gasteiger partial charge < -0.3 is 14.3 Å². The third-order valence-electron chi connectivity index (χ3n) is 2.81. The fourth-order valence-corrected chi connectivity index (χ4v) is 1.80. The number of rotatable bonds is 6. The molecule has 5 heteroatoms. The highest BCUT2D eigenvalue weighted by molar-refractivity contribution is 5.90. The summed E-state index contributed by atoms with van der Waals surface area (Å²) >= 11 is 0. The molecule has 110 valence electrons. The number of ether oxygens (including phenoxy) is 1. The van der Waals surface area contributed by atoms with Crippen LogP contribution >= 0.6 is 0 Å². The molecule has 1 aromatic heterocycles. The van der Waals surface area contributed by atoms with Gasteiger partial charge in [-0.1, -0.05) is 13.8 Å². The van der Waals surface area contributed by atoms with Crippen molar-refractivity contribution in [2.24, 2.45) is 5.92 Å². The molecular formula is C16H16O5. The fraction of sp³-hybridized carbons (Fsp3) is 0.250. The summed E-state index contributed by atoms with van der Waals surface area (Å²) in [6.07, 6.45) is 0.596. The Morgan fingerprint density at radius 3 is 2.67 bits per heavy atom. The minimum Gasteiger partial charge on any atom is -0.493 e. The Morgan fingerprint density at radius 1 is 1.33 bits per heavy atom. The summed E-state index contributed by atoms with van der Waals surface area (Å²) < 4.78 is 11.0. The van der Waals surface area contributed by atoms with Crippen molar-refractivity contribution in [2.45, 2.75) is 13.8 Å². The summed E-state index contributed by atoms with van der Waals surface area (Å²) in [6.45, 7) is 4.53. The monoisotopic (exact) mass is 288 g/mol. The van der Waals surface area contributed by atoms with Gasteiger partial charge in [0.15, 0.2) is 12.0 Å². The molecule has 1 aromatic carbocycles. The molecular weight excluding hydrogens is 272 g/mol. The molecule has 2 aromatic rings. The van der Waals surface area contributed by atoms with E-state index in [9.17, 15) is 9.59 Å². The van der Waals surface area contributed by atoms with Gasteiger partial charge in [-0.25, -0.2) is 4.79 Å². The van der Waals surface area contributed by atoms with Gasteiger partial charge in [0.2, 0.25) is 0 Å². The molecule has 0 atom stereocenters. The SMILES string of the molecule is CC(C)COc1ccc(C(=O)O)cc1-c1ccc(C=O)o1. The molecule has 0 amide bonds. The molecule has 0 radical (unpaired) electrons. The molecule has 0 spiro atoms. The minimum atomic E-state index is -1.03. The second-order valence-corrected chi connectivity index (χ2v) is 5.04. The molecule has 0 aliphatic carbocycles. The topological polar surface area (TPSA) is 76.7 Å². The molecule has 0 fully saturated rings. The van der Waals surface area contributed by atoms with Crippen LogP contribution in [0.3, 0.4) is 0 Å². The fourth-order valence-electron chi connectivity index (χ4n) is 1.80. The van der Waals surface area contributed by atoms with Crippen molar-refractivity contribution in [1.29, 1.82) is 0 Å². The van der Waals surface area contributed by atoms with Crippen molar-refractivity contribution in [2.75, 3.05) is 6.61 Å². The third-order valence-corrected chi connectivity index (χ3v) is 2.81. The maximum Gasteiger partial charge on any atom is 0.335 e. The number of hydrogen-bond acceptors (Lipinski definition) is 4. The summed E-state index contributed by atoms with van der Waals surface area (Å²) in [7, 11) is 0. The first-order chi connectivity index (χ1) is 10.0. The summed E-state index contributed by atoms with van der Waals surface area (Å²) in [5.41, 5.74) is 0.648. The van der Waals surface area contributed by atoms with E-state index in [4.69, 9.17) is 14.3 Å². The van der Waals surface area contributed by atoms with Crippen LogP contribution in [0.1, 0.15) is 34.8 Å². The maximum atomic E-state index is 11.1. The number of aldehydes is 1. The van der Waals surface area contributed by atoms with Crippen LogP contribution in [0.25, 0.3) is 11.3 Å².